The second-order valence-corrected chi connectivity index (χ2v) is 6.11. The molecule has 82 valence electrons. The second-order valence-electron chi connectivity index (χ2n) is 3.43. The van der Waals surface area contributed by atoms with Crippen LogP contribution in [0.2, 0.25) is 0 Å². The lowest BCUT2D eigenvalue weighted by atomic mass is 10.1. The minimum atomic E-state index is -3.92. The van der Waals surface area contributed by atoms with Crippen LogP contribution in [-0.4, -0.2) is 29.6 Å². The number of rotatable bonds is 4. The van der Waals surface area contributed by atoms with Crippen molar-refractivity contribution in [2.75, 3.05) is 11.5 Å². The van der Waals surface area contributed by atoms with Gasteiger partial charge in [0.15, 0.2) is 5.12 Å². The highest BCUT2D eigenvalue weighted by molar-refractivity contribution is 8.14. The maximum absolute atomic E-state index is 11.4. The Morgan fingerprint density at radius 2 is 1.93 bits per heavy atom. The van der Waals surface area contributed by atoms with Gasteiger partial charge < -0.3 is 0 Å². The van der Waals surface area contributed by atoms with Gasteiger partial charge in [0.1, 0.15) is 0 Å². The first-order valence-corrected chi connectivity index (χ1v) is 7.20. The van der Waals surface area contributed by atoms with Crippen LogP contribution < -0.4 is 0 Å². The van der Waals surface area contributed by atoms with Crippen LogP contribution >= 0.6 is 11.8 Å². The molecule has 0 heterocycles. The number of thioether (sulfide) groups is 1. The van der Waals surface area contributed by atoms with Crippen molar-refractivity contribution in [2.24, 2.45) is 5.92 Å². The van der Waals surface area contributed by atoms with Gasteiger partial charge in [0, 0.05) is 11.7 Å². The average Bonchev–Trinajstić information content (AvgIpc) is 2.53. The minimum absolute atomic E-state index is 0.0751. The van der Waals surface area contributed by atoms with E-state index in [4.69, 9.17) is 4.55 Å². The Bertz CT molecular complexity index is 290. The maximum atomic E-state index is 11.4. The molecule has 0 aromatic carbocycles. The van der Waals surface area contributed by atoms with E-state index in [0.29, 0.717) is 0 Å². The normalized spacial score (nSPS) is 18.6. The lowest BCUT2D eigenvalue weighted by Crippen LogP contribution is -2.11. The smallest absolute Gasteiger partial charge is 0.265 e. The van der Waals surface area contributed by atoms with Crippen molar-refractivity contribution in [3.63, 3.8) is 0 Å². The summed E-state index contributed by atoms with van der Waals surface area (Å²) in [6.45, 7) is 0. The van der Waals surface area contributed by atoms with Crippen LogP contribution in [-0.2, 0) is 14.9 Å². The van der Waals surface area contributed by atoms with Gasteiger partial charge in [-0.25, -0.2) is 0 Å². The zero-order valence-corrected chi connectivity index (χ0v) is 9.44. The van der Waals surface area contributed by atoms with Crippen molar-refractivity contribution in [1.82, 2.24) is 0 Å². The molecule has 0 aromatic heterocycles. The molecule has 1 fully saturated rings. The molecule has 0 unspecified atom stereocenters. The molecule has 0 saturated heterocycles. The summed E-state index contributed by atoms with van der Waals surface area (Å²) in [6.07, 6.45) is 4.04. The van der Waals surface area contributed by atoms with Gasteiger partial charge >= 0.3 is 0 Å². The predicted molar refractivity (Wildman–Crippen MR) is 55.8 cm³/mol. The van der Waals surface area contributed by atoms with Gasteiger partial charge in [-0.15, -0.1) is 0 Å². The van der Waals surface area contributed by atoms with Crippen molar-refractivity contribution in [2.45, 2.75) is 25.7 Å². The summed E-state index contributed by atoms with van der Waals surface area (Å²) < 4.78 is 29.2. The van der Waals surface area contributed by atoms with E-state index in [1.807, 2.05) is 0 Å². The third kappa shape index (κ3) is 4.43. The fourth-order valence-corrected chi connectivity index (χ4v) is 3.38. The Labute approximate surface area is 88.2 Å². The summed E-state index contributed by atoms with van der Waals surface area (Å²) in [5.74, 6) is -0.0639. The molecular formula is C8H14O4S2. The van der Waals surface area contributed by atoms with Gasteiger partial charge in [-0.2, -0.15) is 8.42 Å². The first-order chi connectivity index (χ1) is 6.49. The first kappa shape index (κ1) is 12.0. The Morgan fingerprint density at radius 1 is 1.36 bits per heavy atom. The van der Waals surface area contributed by atoms with Crippen molar-refractivity contribution in [1.29, 1.82) is 0 Å². The van der Waals surface area contributed by atoms with Crippen LogP contribution in [0, 0.1) is 5.92 Å². The second kappa shape index (κ2) is 5.14. The van der Waals surface area contributed by atoms with Crippen molar-refractivity contribution in [3.8, 4) is 0 Å². The fraction of sp³-hybridized carbons (Fsp3) is 0.875. The van der Waals surface area contributed by atoms with Crippen LogP contribution in [0.15, 0.2) is 0 Å². The van der Waals surface area contributed by atoms with Crippen LogP contribution in [0.4, 0.5) is 0 Å². The molecule has 0 bridgehead atoms. The standard InChI is InChI=1S/C8H14O4S2/c9-8(7-3-1-2-4-7)13-5-6-14(10,11)12/h7H,1-6H2,(H,10,11,12). The summed E-state index contributed by atoms with van der Waals surface area (Å²) >= 11 is 1.02. The maximum Gasteiger partial charge on any atom is 0.265 e. The van der Waals surface area contributed by atoms with Gasteiger partial charge in [0.05, 0.1) is 5.75 Å². The average molecular weight is 238 g/mol. The SMILES string of the molecule is O=C(SCCS(=O)(=O)O)C1CCCC1. The minimum Gasteiger partial charge on any atom is -0.287 e. The number of carbonyl (C=O) groups excluding carboxylic acids is 1. The Hall–Kier alpha value is -0.0700. The summed E-state index contributed by atoms with van der Waals surface area (Å²) in [7, 11) is -3.92. The van der Waals surface area contributed by atoms with Gasteiger partial charge in [-0.3, -0.25) is 9.35 Å². The van der Waals surface area contributed by atoms with E-state index in [1.54, 1.807) is 0 Å². The van der Waals surface area contributed by atoms with Gasteiger partial charge in [0.2, 0.25) is 0 Å². The van der Waals surface area contributed by atoms with E-state index in [1.165, 1.54) is 0 Å². The van der Waals surface area contributed by atoms with Crippen molar-refractivity contribution < 1.29 is 17.8 Å². The molecule has 0 atom stereocenters. The van der Waals surface area contributed by atoms with Crippen molar-refractivity contribution in [3.05, 3.63) is 0 Å². The number of hydrogen-bond donors (Lipinski definition) is 1. The van der Waals surface area contributed by atoms with Crippen LogP contribution in [0.5, 0.6) is 0 Å². The molecule has 1 aliphatic rings. The zero-order chi connectivity index (χ0) is 10.6. The zero-order valence-electron chi connectivity index (χ0n) is 7.81. The lowest BCUT2D eigenvalue weighted by molar-refractivity contribution is -0.114. The molecule has 6 heteroatoms. The van der Waals surface area contributed by atoms with E-state index < -0.39 is 10.1 Å². The summed E-state index contributed by atoms with van der Waals surface area (Å²) in [6, 6.07) is 0. The molecule has 1 aliphatic carbocycles. The fourth-order valence-electron chi connectivity index (χ4n) is 1.53. The van der Waals surface area contributed by atoms with Crippen LogP contribution in [0.1, 0.15) is 25.7 Å². The number of hydrogen-bond acceptors (Lipinski definition) is 4. The highest BCUT2D eigenvalue weighted by atomic mass is 32.2. The van der Waals surface area contributed by atoms with E-state index in [-0.39, 0.29) is 22.5 Å². The Balaban J connectivity index is 2.21. The van der Waals surface area contributed by atoms with Crippen molar-refractivity contribution >= 4 is 27.0 Å². The third-order valence-corrected chi connectivity index (χ3v) is 4.28. The molecule has 4 nitrogen and oxygen atoms in total. The summed E-state index contributed by atoms with van der Waals surface area (Å²) in [5, 5.41) is 0.0751. The molecule has 1 N–H and O–H groups in total. The number of carbonyl (C=O) groups is 1. The molecular weight excluding hydrogens is 224 g/mol. The third-order valence-electron chi connectivity index (χ3n) is 2.27. The lowest BCUT2D eigenvalue weighted by Gasteiger charge is -2.05. The topological polar surface area (TPSA) is 71.4 Å². The molecule has 0 aliphatic heterocycles. The van der Waals surface area contributed by atoms with Gasteiger partial charge in [-0.1, -0.05) is 24.6 Å². The van der Waals surface area contributed by atoms with Crippen LogP contribution in [0.25, 0.3) is 0 Å². The van der Waals surface area contributed by atoms with E-state index in [0.717, 1.165) is 37.4 Å². The van der Waals surface area contributed by atoms with E-state index >= 15 is 0 Å². The highest BCUT2D eigenvalue weighted by Gasteiger charge is 2.23. The monoisotopic (exact) mass is 238 g/mol. The highest BCUT2D eigenvalue weighted by Crippen LogP contribution is 2.29. The van der Waals surface area contributed by atoms with E-state index in [2.05, 4.69) is 0 Å². The molecule has 0 radical (unpaired) electrons. The molecule has 0 aromatic rings. The predicted octanol–water partition coefficient (Wildman–Crippen LogP) is 1.32. The molecule has 1 saturated carbocycles. The van der Waals surface area contributed by atoms with Gasteiger partial charge in [0.25, 0.3) is 10.1 Å². The van der Waals surface area contributed by atoms with E-state index in [9.17, 15) is 13.2 Å². The van der Waals surface area contributed by atoms with Gasteiger partial charge in [-0.05, 0) is 12.8 Å². The molecule has 0 amide bonds. The quantitative estimate of drug-likeness (QED) is 0.748. The summed E-state index contributed by atoms with van der Waals surface area (Å²) in [5.41, 5.74) is 0. The largest absolute Gasteiger partial charge is 0.287 e. The molecule has 0 spiro atoms. The molecule has 1 rings (SSSR count). The Kier molecular flexibility index (Phi) is 4.40. The summed E-state index contributed by atoms with van der Waals surface area (Å²) in [4.78, 5) is 11.4. The first-order valence-electron chi connectivity index (χ1n) is 4.61. The molecule has 14 heavy (non-hydrogen) atoms. The van der Waals surface area contributed by atoms with Crippen LogP contribution in [0.3, 0.4) is 0 Å². The Morgan fingerprint density at radius 3 is 2.43 bits per heavy atom.